The highest BCUT2D eigenvalue weighted by atomic mass is 16.1. The molecule has 0 aromatic carbocycles. The molecule has 0 saturated heterocycles. The summed E-state index contributed by atoms with van der Waals surface area (Å²) in [4.78, 5) is 30.2. The number of fused-ring (bicyclic) bond motifs is 1. The van der Waals surface area contributed by atoms with Crippen molar-refractivity contribution < 1.29 is 9.59 Å². The van der Waals surface area contributed by atoms with Crippen LogP contribution in [0.1, 0.15) is 6.92 Å². The average molecular weight is 203 g/mol. The van der Waals surface area contributed by atoms with Gasteiger partial charge in [0.25, 0.3) is 0 Å². The van der Waals surface area contributed by atoms with E-state index >= 15 is 0 Å². The van der Waals surface area contributed by atoms with Crippen LogP contribution in [0.5, 0.6) is 0 Å². The maximum atomic E-state index is 11.4. The molecule has 0 fully saturated rings. The molecule has 1 unspecified atom stereocenters. The summed E-state index contributed by atoms with van der Waals surface area (Å²) in [6.45, 7) is 1.40. The fraction of sp³-hybridized carbons (Fsp3) is 0.200. The summed E-state index contributed by atoms with van der Waals surface area (Å²) in [5.41, 5.74) is 0. The fourth-order valence-corrected chi connectivity index (χ4v) is 1.38. The van der Waals surface area contributed by atoms with Crippen LogP contribution in [0, 0.1) is 5.92 Å². The predicted molar refractivity (Wildman–Crippen MR) is 55.5 cm³/mol. The van der Waals surface area contributed by atoms with Crippen molar-refractivity contribution in [2.24, 2.45) is 15.9 Å². The molecule has 0 bridgehead atoms. The summed E-state index contributed by atoms with van der Waals surface area (Å²) >= 11 is 0. The standard InChI is InChI=1S/C10H9N3O2/c1-6(14)12-9-3-2-7-8(15)4-5-11-10(7)13-9/h2-5,7H,1H3,(H,11,12,13,14). The molecular weight excluding hydrogens is 194 g/mol. The summed E-state index contributed by atoms with van der Waals surface area (Å²) in [6.07, 6.45) is 6.13. The minimum absolute atomic E-state index is 0.0399. The molecule has 0 aliphatic carbocycles. The zero-order chi connectivity index (χ0) is 10.8. The third-order valence-corrected chi connectivity index (χ3v) is 2.02. The normalized spacial score (nSPS) is 23.0. The second-order valence-electron chi connectivity index (χ2n) is 3.22. The van der Waals surface area contributed by atoms with Gasteiger partial charge in [-0.05, 0) is 6.08 Å². The average Bonchev–Trinajstić information content (AvgIpc) is 2.17. The van der Waals surface area contributed by atoms with Crippen LogP contribution < -0.4 is 5.32 Å². The quantitative estimate of drug-likeness (QED) is 0.611. The molecule has 2 heterocycles. The van der Waals surface area contributed by atoms with Gasteiger partial charge in [-0.1, -0.05) is 6.08 Å². The van der Waals surface area contributed by atoms with Crippen molar-refractivity contribution in [2.75, 3.05) is 0 Å². The molecule has 0 saturated carbocycles. The molecule has 1 atom stereocenters. The minimum Gasteiger partial charge on any atom is -0.311 e. The highest BCUT2D eigenvalue weighted by molar-refractivity contribution is 6.20. The maximum absolute atomic E-state index is 11.4. The lowest BCUT2D eigenvalue weighted by molar-refractivity contribution is -0.117. The van der Waals surface area contributed by atoms with E-state index in [2.05, 4.69) is 15.3 Å². The number of dihydropyridines is 1. The number of rotatable bonds is 0. The summed E-state index contributed by atoms with van der Waals surface area (Å²) < 4.78 is 0. The SMILES string of the molecule is CC(=O)NC1=NC2=NC=CC(=O)C2C=C1. The Morgan fingerprint density at radius 1 is 1.47 bits per heavy atom. The van der Waals surface area contributed by atoms with Crippen LogP contribution >= 0.6 is 0 Å². The van der Waals surface area contributed by atoms with Crippen molar-refractivity contribution in [1.82, 2.24) is 5.32 Å². The number of carbonyl (C=O) groups is 2. The van der Waals surface area contributed by atoms with Crippen LogP contribution in [-0.4, -0.2) is 23.4 Å². The minimum atomic E-state index is -0.396. The number of nitrogens with one attached hydrogen (secondary N) is 1. The molecule has 0 aromatic rings. The molecule has 2 aliphatic rings. The van der Waals surface area contributed by atoms with E-state index in [1.807, 2.05) is 0 Å². The van der Waals surface area contributed by atoms with Gasteiger partial charge in [0, 0.05) is 19.2 Å². The zero-order valence-electron chi connectivity index (χ0n) is 8.10. The van der Waals surface area contributed by atoms with E-state index < -0.39 is 5.92 Å². The van der Waals surface area contributed by atoms with Crippen molar-refractivity contribution in [3.63, 3.8) is 0 Å². The van der Waals surface area contributed by atoms with Gasteiger partial charge in [-0.15, -0.1) is 0 Å². The number of nitrogens with zero attached hydrogens (tertiary/aromatic N) is 2. The van der Waals surface area contributed by atoms with Crippen molar-refractivity contribution in [3.05, 3.63) is 24.4 Å². The molecule has 15 heavy (non-hydrogen) atoms. The number of amides is 1. The Morgan fingerprint density at radius 3 is 3.00 bits per heavy atom. The van der Waals surface area contributed by atoms with Crippen LogP contribution in [0.3, 0.4) is 0 Å². The zero-order valence-corrected chi connectivity index (χ0v) is 8.10. The van der Waals surface area contributed by atoms with Gasteiger partial charge in [-0.25, -0.2) is 9.98 Å². The molecule has 1 amide bonds. The first kappa shape index (κ1) is 9.51. The number of amidine groups is 2. The largest absolute Gasteiger partial charge is 0.311 e. The predicted octanol–water partition coefficient (Wildman–Crippen LogP) is 0.202. The van der Waals surface area contributed by atoms with E-state index in [1.165, 1.54) is 19.2 Å². The third-order valence-electron chi connectivity index (χ3n) is 2.02. The van der Waals surface area contributed by atoms with Gasteiger partial charge in [0.1, 0.15) is 17.6 Å². The third kappa shape index (κ3) is 1.90. The Labute approximate surface area is 86.3 Å². The number of aliphatic imine (C=N–C) groups is 2. The number of hydrogen-bond acceptors (Lipinski definition) is 4. The van der Waals surface area contributed by atoms with Crippen LogP contribution in [0.2, 0.25) is 0 Å². The van der Waals surface area contributed by atoms with E-state index in [1.54, 1.807) is 12.2 Å². The Bertz CT molecular complexity index is 444. The molecule has 2 rings (SSSR count). The number of ketones is 1. The van der Waals surface area contributed by atoms with Gasteiger partial charge >= 0.3 is 0 Å². The lowest BCUT2D eigenvalue weighted by atomic mass is 9.98. The Hall–Kier alpha value is -2.04. The van der Waals surface area contributed by atoms with Gasteiger partial charge in [0.05, 0.1) is 0 Å². The van der Waals surface area contributed by atoms with Gasteiger partial charge < -0.3 is 5.32 Å². The smallest absolute Gasteiger partial charge is 0.222 e. The van der Waals surface area contributed by atoms with Crippen LogP contribution in [0.4, 0.5) is 0 Å². The van der Waals surface area contributed by atoms with E-state index in [4.69, 9.17) is 0 Å². The summed E-state index contributed by atoms with van der Waals surface area (Å²) in [7, 11) is 0. The highest BCUT2D eigenvalue weighted by Gasteiger charge is 2.25. The molecule has 0 radical (unpaired) electrons. The van der Waals surface area contributed by atoms with Crippen molar-refractivity contribution in [1.29, 1.82) is 0 Å². The molecule has 76 valence electrons. The second-order valence-corrected chi connectivity index (χ2v) is 3.22. The monoisotopic (exact) mass is 203 g/mol. The first-order chi connectivity index (χ1) is 7.16. The Kier molecular flexibility index (Phi) is 2.29. The van der Waals surface area contributed by atoms with Crippen molar-refractivity contribution in [2.45, 2.75) is 6.92 Å². The van der Waals surface area contributed by atoms with Crippen LogP contribution in [0.25, 0.3) is 0 Å². The van der Waals surface area contributed by atoms with Gasteiger partial charge in [0.15, 0.2) is 5.78 Å². The lowest BCUT2D eigenvalue weighted by Gasteiger charge is -2.16. The fourth-order valence-electron chi connectivity index (χ4n) is 1.38. The first-order valence-corrected chi connectivity index (χ1v) is 4.49. The van der Waals surface area contributed by atoms with E-state index in [-0.39, 0.29) is 11.7 Å². The topological polar surface area (TPSA) is 70.9 Å². The van der Waals surface area contributed by atoms with Gasteiger partial charge in [-0.3, -0.25) is 9.59 Å². The molecule has 2 aliphatic heterocycles. The number of hydrogen-bond donors (Lipinski definition) is 1. The van der Waals surface area contributed by atoms with E-state index in [9.17, 15) is 9.59 Å². The molecule has 0 aromatic heterocycles. The molecule has 1 N–H and O–H groups in total. The van der Waals surface area contributed by atoms with Gasteiger partial charge in [-0.2, -0.15) is 0 Å². The lowest BCUT2D eigenvalue weighted by Crippen LogP contribution is -2.33. The van der Waals surface area contributed by atoms with Crippen LogP contribution in [-0.2, 0) is 9.59 Å². The highest BCUT2D eigenvalue weighted by Crippen LogP contribution is 2.15. The summed E-state index contributed by atoms with van der Waals surface area (Å²) in [6, 6.07) is 0. The van der Waals surface area contributed by atoms with Gasteiger partial charge in [0.2, 0.25) is 5.91 Å². The summed E-state index contributed by atoms with van der Waals surface area (Å²) in [5.74, 6) is 0.207. The Morgan fingerprint density at radius 2 is 2.27 bits per heavy atom. The van der Waals surface area contributed by atoms with Crippen molar-refractivity contribution in [3.8, 4) is 0 Å². The van der Waals surface area contributed by atoms with Crippen molar-refractivity contribution >= 4 is 23.4 Å². The molecular formula is C10H9N3O2. The first-order valence-electron chi connectivity index (χ1n) is 4.49. The number of allylic oxidation sites excluding steroid dienone is 1. The van der Waals surface area contributed by atoms with E-state index in [0.717, 1.165) is 0 Å². The number of carbonyl (C=O) groups excluding carboxylic acids is 2. The van der Waals surface area contributed by atoms with E-state index in [0.29, 0.717) is 11.7 Å². The molecule has 5 heteroatoms. The summed E-state index contributed by atoms with van der Waals surface area (Å²) in [5, 5.41) is 2.54. The van der Waals surface area contributed by atoms with Crippen LogP contribution in [0.15, 0.2) is 34.4 Å². The molecule has 5 nitrogen and oxygen atoms in total. The Balaban J connectivity index is 2.25. The second kappa shape index (κ2) is 3.61. The molecule has 0 spiro atoms. The maximum Gasteiger partial charge on any atom is 0.222 e.